The van der Waals surface area contributed by atoms with Crippen LogP contribution in [0.5, 0.6) is 0 Å². The van der Waals surface area contributed by atoms with Gasteiger partial charge < -0.3 is 5.73 Å². The van der Waals surface area contributed by atoms with Gasteiger partial charge in [-0.15, -0.1) is 0 Å². The first-order valence-corrected chi connectivity index (χ1v) is 5.99. The second kappa shape index (κ2) is 5.25. The van der Waals surface area contributed by atoms with Crippen LogP contribution >= 0.6 is 0 Å². The molecule has 0 saturated heterocycles. The summed E-state index contributed by atoms with van der Waals surface area (Å²) < 4.78 is 55.1. The summed E-state index contributed by atoms with van der Waals surface area (Å²) in [4.78, 5) is 0. The van der Waals surface area contributed by atoms with Crippen molar-refractivity contribution in [3.8, 4) is 0 Å². The minimum atomic E-state index is -1.41. The molecule has 0 fully saturated rings. The highest BCUT2D eigenvalue weighted by atomic mass is 19.2. The van der Waals surface area contributed by atoms with Crippen LogP contribution in [0, 0.1) is 37.1 Å². The molecule has 1 nitrogen and oxygen atoms in total. The Balaban J connectivity index is 2.61. The standard InChI is InChI=1S/C15H13F4N/c1-7-4-6-10(16)11(12(7)17)15(20)9-5-3-8(2)13(18)14(9)19/h3-6,15H,20H2,1-2H3. The van der Waals surface area contributed by atoms with E-state index in [-0.39, 0.29) is 16.7 Å². The monoisotopic (exact) mass is 283 g/mol. The summed E-state index contributed by atoms with van der Waals surface area (Å²) in [6.07, 6.45) is 0. The molecule has 0 aliphatic rings. The van der Waals surface area contributed by atoms with Crippen LogP contribution in [0.1, 0.15) is 28.3 Å². The summed E-state index contributed by atoms with van der Waals surface area (Å²) in [5.74, 6) is -3.98. The number of aryl methyl sites for hydroxylation is 2. The molecule has 5 heteroatoms. The third-order valence-corrected chi connectivity index (χ3v) is 3.27. The zero-order valence-electron chi connectivity index (χ0n) is 11.0. The first-order valence-electron chi connectivity index (χ1n) is 5.99. The average Bonchev–Trinajstić information content (AvgIpc) is 2.41. The van der Waals surface area contributed by atoms with Crippen molar-refractivity contribution in [2.75, 3.05) is 0 Å². The topological polar surface area (TPSA) is 26.0 Å². The lowest BCUT2D eigenvalue weighted by Crippen LogP contribution is -2.18. The van der Waals surface area contributed by atoms with Gasteiger partial charge in [-0.3, -0.25) is 0 Å². The van der Waals surface area contributed by atoms with Crippen molar-refractivity contribution >= 4 is 0 Å². The molecule has 2 rings (SSSR count). The maximum Gasteiger partial charge on any atom is 0.164 e. The summed E-state index contributed by atoms with van der Waals surface area (Å²) >= 11 is 0. The van der Waals surface area contributed by atoms with Crippen molar-refractivity contribution in [2.45, 2.75) is 19.9 Å². The number of benzene rings is 2. The van der Waals surface area contributed by atoms with Crippen LogP contribution in [0.2, 0.25) is 0 Å². The number of halogens is 4. The molecule has 0 saturated carbocycles. The van der Waals surface area contributed by atoms with E-state index in [0.29, 0.717) is 0 Å². The normalized spacial score (nSPS) is 12.6. The van der Waals surface area contributed by atoms with Crippen molar-refractivity contribution in [3.05, 3.63) is 69.8 Å². The highest BCUT2D eigenvalue weighted by Gasteiger charge is 2.24. The predicted molar refractivity (Wildman–Crippen MR) is 68.2 cm³/mol. The van der Waals surface area contributed by atoms with Gasteiger partial charge in [0, 0.05) is 11.1 Å². The van der Waals surface area contributed by atoms with E-state index in [1.54, 1.807) is 0 Å². The van der Waals surface area contributed by atoms with E-state index >= 15 is 0 Å². The van der Waals surface area contributed by atoms with Crippen LogP contribution in [-0.4, -0.2) is 0 Å². The van der Waals surface area contributed by atoms with Gasteiger partial charge in [-0.1, -0.05) is 18.2 Å². The van der Waals surface area contributed by atoms with E-state index in [4.69, 9.17) is 5.73 Å². The first-order chi connectivity index (χ1) is 9.34. The van der Waals surface area contributed by atoms with Gasteiger partial charge in [-0.2, -0.15) is 0 Å². The molecule has 0 spiro atoms. The van der Waals surface area contributed by atoms with E-state index in [9.17, 15) is 17.6 Å². The van der Waals surface area contributed by atoms with E-state index in [1.165, 1.54) is 32.0 Å². The molecule has 1 unspecified atom stereocenters. The van der Waals surface area contributed by atoms with Crippen LogP contribution in [0.25, 0.3) is 0 Å². The third kappa shape index (κ3) is 2.29. The molecular formula is C15H13F4N. The van der Waals surface area contributed by atoms with Crippen molar-refractivity contribution in [2.24, 2.45) is 5.73 Å². The van der Waals surface area contributed by atoms with Gasteiger partial charge in [0.2, 0.25) is 0 Å². The third-order valence-electron chi connectivity index (χ3n) is 3.27. The molecule has 1 atom stereocenters. The molecule has 106 valence electrons. The second-order valence-corrected chi connectivity index (χ2v) is 4.67. The lowest BCUT2D eigenvalue weighted by molar-refractivity contribution is 0.481. The zero-order chi connectivity index (χ0) is 15.0. The fourth-order valence-corrected chi connectivity index (χ4v) is 2.02. The van der Waals surface area contributed by atoms with Gasteiger partial charge in [0.25, 0.3) is 0 Å². The highest BCUT2D eigenvalue weighted by molar-refractivity contribution is 5.38. The van der Waals surface area contributed by atoms with Crippen LogP contribution in [0.3, 0.4) is 0 Å². The Morgan fingerprint density at radius 3 is 2.00 bits per heavy atom. The maximum absolute atomic E-state index is 14.0. The summed E-state index contributed by atoms with van der Waals surface area (Å²) in [6, 6.07) is 3.45. The Morgan fingerprint density at radius 1 is 0.800 bits per heavy atom. The minimum Gasteiger partial charge on any atom is -0.320 e. The number of nitrogens with two attached hydrogens (primary N) is 1. The Labute approximate surface area is 114 Å². The molecule has 0 amide bonds. The summed E-state index contributed by atoms with van der Waals surface area (Å²) in [7, 11) is 0. The summed E-state index contributed by atoms with van der Waals surface area (Å²) in [6.45, 7) is 2.83. The molecule has 2 aromatic rings. The first kappa shape index (κ1) is 14.5. The number of hydrogen-bond donors (Lipinski definition) is 1. The molecule has 20 heavy (non-hydrogen) atoms. The van der Waals surface area contributed by atoms with E-state index in [0.717, 1.165) is 6.07 Å². The van der Waals surface area contributed by atoms with Gasteiger partial charge in [-0.05, 0) is 31.0 Å². The van der Waals surface area contributed by atoms with Gasteiger partial charge in [-0.25, -0.2) is 17.6 Å². The molecule has 0 aliphatic heterocycles. The van der Waals surface area contributed by atoms with Gasteiger partial charge in [0.05, 0.1) is 6.04 Å². The zero-order valence-corrected chi connectivity index (χ0v) is 11.0. The van der Waals surface area contributed by atoms with Crippen molar-refractivity contribution in [3.63, 3.8) is 0 Å². The average molecular weight is 283 g/mol. The van der Waals surface area contributed by atoms with Gasteiger partial charge in [0.15, 0.2) is 11.6 Å². The fourth-order valence-electron chi connectivity index (χ4n) is 2.02. The van der Waals surface area contributed by atoms with E-state index in [1.807, 2.05) is 0 Å². The molecule has 0 aliphatic carbocycles. The van der Waals surface area contributed by atoms with Crippen molar-refractivity contribution < 1.29 is 17.6 Å². The Hall–Kier alpha value is -1.88. The summed E-state index contributed by atoms with van der Waals surface area (Å²) in [5.41, 5.74) is 5.26. The maximum atomic E-state index is 14.0. The number of rotatable bonds is 2. The minimum absolute atomic E-state index is 0.101. The van der Waals surface area contributed by atoms with Crippen LogP contribution < -0.4 is 5.73 Å². The molecular weight excluding hydrogens is 270 g/mol. The van der Waals surface area contributed by atoms with Gasteiger partial charge in [0.1, 0.15) is 11.6 Å². The Kier molecular flexibility index (Phi) is 3.81. The number of hydrogen-bond acceptors (Lipinski definition) is 1. The largest absolute Gasteiger partial charge is 0.320 e. The molecule has 2 N–H and O–H groups in total. The van der Waals surface area contributed by atoms with Gasteiger partial charge >= 0.3 is 0 Å². The van der Waals surface area contributed by atoms with Crippen LogP contribution in [0.4, 0.5) is 17.6 Å². The highest BCUT2D eigenvalue weighted by Crippen LogP contribution is 2.29. The Bertz CT molecular complexity index is 667. The molecule has 0 bridgehead atoms. The molecule has 0 radical (unpaired) electrons. The lowest BCUT2D eigenvalue weighted by atomic mass is 9.95. The molecule has 2 aromatic carbocycles. The SMILES string of the molecule is Cc1ccc(C(N)c2c(F)ccc(C)c2F)c(F)c1F. The van der Waals surface area contributed by atoms with Crippen LogP contribution in [-0.2, 0) is 0 Å². The summed E-state index contributed by atoms with van der Waals surface area (Å²) in [5, 5.41) is 0. The fraction of sp³-hybridized carbons (Fsp3) is 0.200. The second-order valence-electron chi connectivity index (χ2n) is 4.67. The Morgan fingerprint density at radius 2 is 1.35 bits per heavy atom. The lowest BCUT2D eigenvalue weighted by Gasteiger charge is -2.17. The van der Waals surface area contributed by atoms with Crippen LogP contribution in [0.15, 0.2) is 24.3 Å². The quantitative estimate of drug-likeness (QED) is 0.831. The predicted octanol–water partition coefficient (Wildman–Crippen LogP) is 3.91. The molecule has 0 heterocycles. The van der Waals surface area contributed by atoms with Crippen molar-refractivity contribution in [1.29, 1.82) is 0 Å². The molecule has 0 aromatic heterocycles. The van der Waals surface area contributed by atoms with Crippen molar-refractivity contribution in [1.82, 2.24) is 0 Å². The smallest absolute Gasteiger partial charge is 0.164 e. The van der Waals surface area contributed by atoms with E-state index < -0.39 is 34.9 Å². The van der Waals surface area contributed by atoms with E-state index in [2.05, 4.69) is 0 Å².